The Morgan fingerprint density at radius 1 is 1.50 bits per heavy atom. The number of carbonyl (C=O) groups is 1. The Hall–Kier alpha value is -1.08. The average Bonchev–Trinajstić information content (AvgIpc) is 2.69. The predicted molar refractivity (Wildman–Crippen MR) is 68.8 cm³/mol. The zero-order valence-corrected chi connectivity index (χ0v) is 11.7. The van der Waals surface area contributed by atoms with Crippen molar-refractivity contribution >= 4 is 17.7 Å². The summed E-state index contributed by atoms with van der Waals surface area (Å²) in [4.78, 5) is 10.6. The van der Waals surface area contributed by atoms with E-state index in [2.05, 4.69) is 10.2 Å². The third-order valence-electron chi connectivity index (χ3n) is 2.33. The second kappa shape index (κ2) is 7.38. The van der Waals surface area contributed by atoms with Gasteiger partial charge in [-0.2, -0.15) is 0 Å². The van der Waals surface area contributed by atoms with Gasteiger partial charge in [0.05, 0.1) is 18.4 Å². The van der Waals surface area contributed by atoms with Crippen LogP contribution in [0.2, 0.25) is 0 Å². The van der Waals surface area contributed by atoms with E-state index in [9.17, 15) is 4.79 Å². The molecule has 0 spiro atoms. The fourth-order valence-electron chi connectivity index (χ4n) is 1.59. The number of aromatic nitrogens is 3. The van der Waals surface area contributed by atoms with Crippen LogP contribution in [0, 0.1) is 0 Å². The van der Waals surface area contributed by atoms with Gasteiger partial charge >= 0.3 is 5.97 Å². The van der Waals surface area contributed by atoms with Gasteiger partial charge in [-0.3, -0.25) is 4.79 Å². The van der Waals surface area contributed by atoms with Gasteiger partial charge in [-0.05, 0) is 13.8 Å². The van der Waals surface area contributed by atoms with Crippen molar-refractivity contribution in [1.29, 1.82) is 0 Å². The Kier molecular flexibility index (Phi) is 6.14. The molecule has 1 unspecified atom stereocenters. The minimum Gasteiger partial charge on any atom is -0.481 e. The highest BCUT2D eigenvalue weighted by molar-refractivity contribution is 7.99. The summed E-state index contributed by atoms with van der Waals surface area (Å²) in [6.45, 7) is 7.23. The van der Waals surface area contributed by atoms with Gasteiger partial charge in [0.15, 0.2) is 5.16 Å². The van der Waals surface area contributed by atoms with Crippen LogP contribution in [-0.4, -0.2) is 44.3 Å². The van der Waals surface area contributed by atoms with Crippen molar-refractivity contribution in [3.8, 4) is 0 Å². The zero-order valence-electron chi connectivity index (χ0n) is 10.9. The van der Waals surface area contributed by atoms with E-state index in [-0.39, 0.29) is 11.9 Å². The first-order valence-corrected chi connectivity index (χ1v) is 6.95. The molecule has 0 fully saturated rings. The topological polar surface area (TPSA) is 77.2 Å². The summed E-state index contributed by atoms with van der Waals surface area (Å²) < 4.78 is 7.43. The molecule has 0 aliphatic carbocycles. The Balaban J connectivity index is 2.77. The van der Waals surface area contributed by atoms with Gasteiger partial charge in [-0.1, -0.05) is 18.7 Å². The molecular weight excluding hydrogens is 254 g/mol. The van der Waals surface area contributed by atoms with Crippen LogP contribution < -0.4 is 0 Å². The molecule has 1 rings (SSSR count). The van der Waals surface area contributed by atoms with Crippen molar-refractivity contribution in [3.63, 3.8) is 0 Å². The standard InChI is InChI=1S/C11H19N3O3S/c1-4-9-12-13-11(18-7-10(15)16)14(9)6-8(3)17-5-2/h8H,4-7H2,1-3H3,(H,15,16). The molecular formula is C11H19N3O3S. The molecule has 1 N–H and O–H groups in total. The monoisotopic (exact) mass is 273 g/mol. The van der Waals surface area contributed by atoms with Gasteiger partial charge in [0.1, 0.15) is 5.82 Å². The number of ether oxygens (including phenoxy) is 1. The Morgan fingerprint density at radius 2 is 2.22 bits per heavy atom. The quantitative estimate of drug-likeness (QED) is 0.722. The molecule has 1 atom stereocenters. The molecule has 7 heteroatoms. The smallest absolute Gasteiger partial charge is 0.313 e. The normalized spacial score (nSPS) is 12.6. The first-order valence-electron chi connectivity index (χ1n) is 5.96. The fraction of sp³-hybridized carbons (Fsp3) is 0.727. The minimum atomic E-state index is -0.856. The fourth-order valence-corrected chi connectivity index (χ4v) is 2.28. The second-order valence-corrected chi connectivity index (χ2v) is 4.75. The molecule has 0 aromatic carbocycles. The molecule has 1 heterocycles. The van der Waals surface area contributed by atoms with Crippen molar-refractivity contribution in [2.45, 2.75) is 45.0 Å². The summed E-state index contributed by atoms with van der Waals surface area (Å²) in [6.07, 6.45) is 0.819. The van der Waals surface area contributed by atoms with Gasteiger partial charge in [0, 0.05) is 13.0 Å². The largest absolute Gasteiger partial charge is 0.481 e. The number of carboxylic acid groups (broad SMARTS) is 1. The summed E-state index contributed by atoms with van der Waals surface area (Å²) in [6, 6.07) is 0. The number of thioether (sulfide) groups is 1. The number of carboxylic acids is 1. The lowest BCUT2D eigenvalue weighted by molar-refractivity contribution is -0.133. The molecule has 0 bridgehead atoms. The van der Waals surface area contributed by atoms with Crippen LogP contribution in [0.5, 0.6) is 0 Å². The second-order valence-electron chi connectivity index (χ2n) is 3.81. The van der Waals surface area contributed by atoms with E-state index in [1.807, 2.05) is 25.3 Å². The lowest BCUT2D eigenvalue weighted by Gasteiger charge is -2.15. The average molecular weight is 273 g/mol. The van der Waals surface area contributed by atoms with E-state index in [0.717, 1.165) is 12.2 Å². The van der Waals surface area contributed by atoms with E-state index in [0.29, 0.717) is 18.3 Å². The maximum atomic E-state index is 10.6. The number of rotatable bonds is 8. The first-order chi connectivity index (χ1) is 8.58. The number of aryl methyl sites for hydroxylation is 1. The van der Waals surface area contributed by atoms with Crippen LogP contribution in [-0.2, 0) is 22.5 Å². The lowest BCUT2D eigenvalue weighted by Crippen LogP contribution is -2.19. The van der Waals surface area contributed by atoms with E-state index >= 15 is 0 Å². The van der Waals surface area contributed by atoms with E-state index in [1.54, 1.807) is 0 Å². The van der Waals surface area contributed by atoms with Crippen molar-refractivity contribution < 1.29 is 14.6 Å². The summed E-state index contributed by atoms with van der Waals surface area (Å²) in [5, 5.41) is 17.4. The highest BCUT2D eigenvalue weighted by atomic mass is 32.2. The Morgan fingerprint density at radius 3 is 2.78 bits per heavy atom. The predicted octanol–water partition coefficient (Wildman–Crippen LogP) is 1.44. The lowest BCUT2D eigenvalue weighted by atomic mass is 10.3. The summed E-state index contributed by atoms with van der Waals surface area (Å²) in [7, 11) is 0. The van der Waals surface area contributed by atoms with Crippen LogP contribution in [0.15, 0.2) is 5.16 Å². The molecule has 0 aliphatic heterocycles. The van der Waals surface area contributed by atoms with Gasteiger partial charge in [0.2, 0.25) is 0 Å². The van der Waals surface area contributed by atoms with Gasteiger partial charge in [-0.15, -0.1) is 10.2 Å². The number of aliphatic carboxylic acids is 1. The SMILES string of the molecule is CCOC(C)Cn1c(CC)nnc1SCC(=O)O. The molecule has 0 aliphatic rings. The van der Waals surface area contributed by atoms with Crippen molar-refractivity contribution in [2.75, 3.05) is 12.4 Å². The van der Waals surface area contributed by atoms with Crippen molar-refractivity contribution in [3.05, 3.63) is 5.82 Å². The first kappa shape index (κ1) is 15.0. The van der Waals surface area contributed by atoms with E-state index in [4.69, 9.17) is 9.84 Å². The van der Waals surface area contributed by atoms with Gasteiger partial charge in [-0.25, -0.2) is 0 Å². The third kappa shape index (κ3) is 4.30. The highest BCUT2D eigenvalue weighted by Crippen LogP contribution is 2.18. The highest BCUT2D eigenvalue weighted by Gasteiger charge is 2.15. The molecule has 0 radical (unpaired) electrons. The van der Waals surface area contributed by atoms with Crippen LogP contribution in [0.25, 0.3) is 0 Å². The van der Waals surface area contributed by atoms with E-state index < -0.39 is 5.97 Å². The van der Waals surface area contributed by atoms with Gasteiger partial charge in [0.25, 0.3) is 0 Å². The molecule has 1 aromatic rings. The van der Waals surface area contributed by atoms with Crippen LogP contribution >= 0.6 is 11.8 Å². The summed E-state index contributed by atoms with van der Waals surface area (Å²) in [5.74, 6) is -0.00916. The maximum absolute atomic E-state index is 10.6. The van der Waals surface area contributed by atoms with Crippen LogP contribution in [0.1, 0.15) is 26.6 Å². The van der Waals surface area contributed by atoms with Crippen molar-refractivity contribution in [2.24, 2.45) is 0 Å². The minimum absolute atomic E-state index is 0.00906. The van der Waals surface area contributed by atoms with E-state index in [1.165, 1.54) is 11.8 Å². The summed E-state index contributed by atoms with van der Waals surface area (Å²) in [5.41, 5.74) is 0. The number of hydrogen-bond donors (Lipinski definition) is 1. The molecule has 6 nitrogen and oxygen atoms in total. The van der Waals surface area contributed by atoms with Crippen LogP contribution in [0.3, 0.4) is 0 Å². The number of hydrogen-bond acceptors (Lipinski definition) is 5. The molecule has 0 amide bonds. The van der Waals surface area contributed by atoms with Crippen molar-refractivity contribution in [1.82, 2.24) is 14.8 Å². The van der Waals surface area contributed by atoms with Gasteiger partial charge < -0.3 is 14.4 Å². The Bertz CT molecular complexity index is 395. The summed E-state index contributed by atoms with van der Waals surface area (Å²) >= 11 is 1.19. The molecule has 0 saturated carbocycles. The Labute approximate surface area is 111 Å². The molecule has 102 valence electrons. The molecule has 0 saturated heterocycles. The maximum Gasteiger partial charge on any atom is 0.313 e. The van der Waals surface area contributed by atoms with Crippen LogP contribution in [0.4, 0.5) is 0 Å². The zero-order chi connectivity index (χ0) is 13.5. The third-order valence-corrected chi connectivity index (χ3v) is 3.28. The molecule has 1 aromatic heterocycles. The number of nitrogens with zero attached hydrogens (tertiary/aromatic N) is 3. The molecule has 18 heavy (non-hydrogen) atoms.